The Labute approximate surface area is 178 Å². The Balaban J connectivity index is 1.18. The number of nitrogens with one attached hydrogen (secondary N) is 1. The van der Waals surface area contributed by atoms with Crippen LogP contribution in [0.25, 0.3) is 0 Å². The summed E-state index contributed by atoms with van der Waals surface area (Å²) < 4.78 is 36.0. The number of urea groups is 1. The van der Waals surface area contributed by atoms with Crippen LogP contribution < -0.4 is 5.32 Å². The Bertz CT molecular complexity index is 889. The first-order valence-electron chi connectivity index (χ1n) is 10.2. The molecular formula is C21H24F2N4O4. The zero-order valence-electron chi connectivity index (χ0n) is 16.9. The molecule has 2 aromatic rings. The number of piperidine rings is 1. The zero-order valence-corrected chi connectivity index (χ0v) is 16.9. The van der Waals surface area contributed by atoms with Crippen LogP contribution in [-0.2, 0) is 17.8 Å². The van der Waals surface area contributed by atoms with Crippen molar-refractivity contribution in [3.8, 4) is 0 Å². The molecule has 1 N–H and O–H groups in total. The molecular weight excluding hydrogens is 410 g/mol. The fourth-order valence-electron chi connectivity index (χ4n) is 3.84. The van der Waals surface area contributed by atoms with Gasteiger partial charge in [0, 0.05) is 18.8 Å². The van der Waals surface area contributed by atoms with Gasteiger partial charge in [0.05, 0.1) is 19.3 Å². The van der Waals surface area contributed by atoms with E-state index < -0.39 is 25.1 Å². The fourth-order valence-corrected chi connectivity index (χ4v) is 3.84. The Morgan fingerprint density at radius 2 is 1.87 bits per heavy atom. The van der Waals surface area contributed by atoms with Crippen molar-refractivity contribution in [2.75, 3.05) is 31.5 Å². The highest BCUT2D eigenvalue weighted by Crippen LogP contribution is 2.29. The summed E-state index contributed by atoms with van der Waals surface area (Å²) in [6, 6.07) is 7.24. The molecule has 0 atom stereocenters. The molecule has 0 spiro atoms. The fraction of sp³-hybridized carbons (Fsp3) is 0.476. The second-order valence-electron chi connectivity index (χ2n) is 7.99. The van der Waals surface area contributed by atoms with Crippen LogP contribution in [0.3, 0.4) is 0 Å². The molecule has 0 saturated carbocycles. The van der Waals surface area contributed by atoms with Gasteiger partial charge in [0.1, 0.15) is 0 Å². The molecule has 3 heterocycles. The quantitative estimate of drug-likeness (QED) is 0.775. The van der Waals surface area contributed by atoms with Crippen molar-refractivity contribution in [2.45, 2.75) is 31.8 Å². The van der Waals surface area contributed by atoms with Gasteiger partial charge in [-0.25, -0.2) is 23.4 Å². The van der Waals surface area contributed by atoms with Crippen LogP contribution in [0.1, 0.15) is 24.2 Å². The second-order valence-corrected chi connectivity index (χ2v) is 7.99. The standard InChI is InChI=1S/C21H24F2N4O4/c22-21(23)12-27(13-21)20(29)26-7-5-16(6-8-26)9-15-1-3-17(4-2-15)25-19(28)30-11-18-10-24-14-31-18/h1-4,10,14,16H,5-9,11-13H2,(H,25,28). The van der Waals surface area contributed by atoms with Crippen molar-refractivity contribution in [1.82, 2.24) is 14.8 Å². The van der Waals surface area contributed by atoms with E-state index in [2.05, 4.69) is 10.3 Å². The van der Waals surface area contributed by atoms with Crippen LogP contribution >= 0.6 is 0 Å². The Kier molecular flexibility index (Phi) is 6.06. The lowest BCUT2D eigenvalue weighted by atomic mass is 9.90. The van der Waals surface area contributed by atoms with E-state index in [1.54, 1.807) is 4.90 Å². The summed E-state index contributed by atoms with van der Waals surface area (Å²) in [6.07, 6.45) is 4.70. The Morgan fingerprint density at radius 3 is 2.48 bits per heavy atom. The van der Waals surface area contributed by atoms with Crippen LogP contribution in [0.15, 0.2) is 41.3 Å². The number of nitrogens with zero attached hydrogens (tertiary/aromatic N) is 3. The number of halogens is 2. The number of aromatic nitrogens is 1. The van der Waals surface area contributed by atoms with Gasteiger partial charge in [0.2, 0.25) is 0 Å². The smallest absolute Gasteiger partial charge is 0.412 e. The van der Waals surface area contributed by atoms with Crippen molar-refractivity contribution >= 4 is 17.8 Å². The van der Waals surface area contributed by atoms with Crippen molar-refractivity contribution in [3.05, 3.63) is 48.2 Å². The summed E-state index contributed by atoms with van der Waals surface area (Å²) in [5, 5.41) is 2.66. The van der Waals surface area contributed by atoms with Crippen molar-refractivity contribution in [1.29, 1.82) is 0 Å². The number of carbonyl (C=O) groups is 2. The molecule has 1 aromatic carbocycles. The topological polar surface area (TPSA) is 87.9 Å². The molecule has 166 valence electrons. The monoisotopic (exact) mass is 434 g/mol. The lowest BCUT2D eigenvalue weighted by Gasteiger charge is -2.43. The molecule has 2 fully saturated rings. The lowest BCUT2D eigenvalue weighted by molar-refractivity contribution is -0.114. The summed E-state index contributed by atoms with van der Waals surface area (Å²) in [5.74, 6) is -1.85. The molecule has 3 amide bonds. The number of likely N-dealkylation sites (tertiary alicyclic amines) is 2. The van der Waals surface area contributed by atoms with E-state index in [4.69, 9.17) is 9.15 Å². The first-order chi connectivity index (χ1) is 14.9. The predicted octanol–water partition coefficient (Wildman–Crippen LogP) is 3.75. The van der Waals surface area contributed by atoms with E-state index in [-0.39, 0.29) is 12.6 Å². The van der Waals surface area contributed by atoms with Gasteiger partial charge in [-0.15, -0.1) is 0 Å². The van der Waals surface area contributed by atoms with E-state index in [0.717, 1.165) is 24.8 Å². The highest BCUT2D eigenvalue weighted by atomic mass is 19.3. The zero-order chi connectivity index (χ0) is 21.8. The molecule has 2 aliphatic heterocycles. The maximum atomic E-state index is 13.0. The maximum absolute atomic E-state index is 13.0. The molecule has 2 aliphatic rings. The number of anilines is 1. The molecule has 1 aromatic heterocycles. The van der Waals surface area contributed by atoms with Gasteiger partial charge in [-0.3, -0.25) is 5.32 Å². The number of amides is 3. The molecule has 0 radical (unpaired) electrons. The molecule has 0 bridgehead atoms. The second kappa shape index (κ2) is 8.91. The van der Waals surface area contributed by atoms with Gasteiger partial charge in [-0.2, -0.15) is 0 Å². The molecule has 8 nitrogen and oxygen atoms in total. The SMILES string of the molecule is O=C(Nc1ccc(CC2CCN(C(=O)N3CC(F)(F)C3)CC2)cc1)OCc1cnco1. The lowest BCUT2D eigenvalue weighted by Crippen LogP contribution is -2.62. The third-order valence-electron chi connectivity index (χ3n) is 5.55. The first kappa shape index (κ1) is 21.1. The van der Waals surface area contributed by atoms with Crippen LogP contribution in [0, 0.1) is 5.92 Å². The van der Waals surface area contributed by atoms with Gasteiger partial charge in [0.15, 0.2) is 18.8 Å². The third kappa shape index (κ3) is 5.50. The molecule has 2 saturated heterocycles. The van der Waals surface area contributed by atoms with Crippen molar-refractivity contribution < 1.29 is 27.5 Å². The molecule has 10 heteroatoms. The molecule has 4 rings (SSSR count). The van der Waals surface area contributed by atoms with E-state index >= 15 is 0 Å². The molecule has 31 heavy (non-hydrogen) atoms. The summed E-state index contributed by atoms with van der Waals surface area (Å²) >= 11 is 0. The summed E-state index contributed by atoms with van der Waals surface area (Å²) in [4.78, 5) is 30.7. The Hall–Kier alpha value is -3.17. The highest BCUT2D eigenvalue weighted by molar-refractivity contribution is 5.84. The van der Waals surface area contributed by atoms with E-state index in [0.29, 0.717) is 30.5 Å². The highest BCUT2D eigenvalue weighted by Gasteiger charge is 2.47. The van der Waals surface area contributed by atoms with Crippen molar-refractivity contribution in [2.24, 2.45) is 5.92 Å². The van der Waals surface area contributed by atoms with Gasteiger partial charge in [0.25, 0.3) is 5.92 Å². The molecule has 0 unspecified atom stereocenters. The van der Waals surface area contributed by atoms with Crippen LogP contribution in [0.2, 0.25) is 0 Å². The summed E-state index contributed by atoms with van der Waals surface area (Å²) in [6.45, 7) is 0.231. The number of oxazole rings is 1. The average molecular weight is 434 g/mol. The number of carbonyl (C=O) groups excluding carboxylic acids is 2. The number of hydrogen-bond donors (Lipinski definition) is 1. The minimum absolute atomic E-state index is 0.00526. The van der Waals surface area contributed by atoms with E-state index in [1.807, 2.05) is 24.3 Å². The molecule has 0 aliphatic carbocycles. The van der Waals surface area contributed by atoms with Gasteiger partial charge in [-0.1, -0.05) is 12.1 Å². The van der Waals surface area contributed by atoms with Crippen molar-refractivity contribution in [3.63, 3.8) is 0 Å². The third-order valence-corrected chi connectivity index (χ3v) is 5.55. The van der Waals surface area contributed by atoms with Gasteiger partial charge in [-0.05, 0) is 42.9 Å². The van der Waals surface area contributed by atoms with E-state index in [1.165, 1.54) is 17.5 Å². The largest absolute Gasteiger partial charge is 0.445 e. The van der Waals surface area contributed by atoms with E-state index in [9.17, 15) is 18.4 Å². The minimum atomic E-state index is -2.73. The first-order valence-corrected chi connectivity index (χ1v) is 10.2. The van der Waals surface area contributed by atoms with Crippen LogP contribution in [0.4, 0.5) is 24.1 Å². The van der Waals surface area contributed by atoms with Gasteiger partial charge < -0.3 is 19.0 Å². The number of rotatable bonds is 5. The Morgan fingerprint density at radius 1 is 1.16 bits per heavy atom. The van der Waals surface area contributed by atoms with Gasteiger partial charge >= 0.3 is 12.1 Å². The number of hydrogen-bond acceptors (Lipinski definition) is 5. The van der Waals surface area contributed by atoms with Crippen LogP contribution in [-0.4, -0.2) is 59.0 Å². The number of alkyl halides is 2. The average Bonchev–Trinajstić information content (AvgIpc) is 3.26. The number of benzene rings is 1. The summed E-state index contributed by atoms with van der Waals surface area (Å²) in [7, 11) is 0. The van der Waals surface area contributed by atoms with Crippen LogP contribution in [0.5, 0.6) is 0 Å². The maximum Gasteiger partial charge on any atom is 0.412 e. The number of ether oxygens (including phenoxy) is 1. The minimum Gasteiger partial charge on any atom is -0.445 e. The summed E-state index contributed by atoms with van der Waals surface area (Å²) in [5.41, 5.74) is 1.76. The normalized spacial score (nSPS) is 18.4. The predicted molar refractivity (Wildman–Crippen MR) is 107 cm³/mol.